The van der Waals surface area contributed by atoms with Gasteiger partial charge in [0.05, 0.1) is 6.04 Å². The van der Waals surface area contributed by atoms with Crippen LogP contribution in [0.2, 0.25) is 5.02 Å². The van der Waals surface area contributed by atoms with Crippen molar-refractivity contribution >= 4 is 22.4 Å². The van der Waals surface area contributed by atoms with Crippen LogP contribution in [-0.4, -0.2) is 11.4 Å². The molecular weight excluding hydrogens is 378 g/mol. The third-order valence-electron chi connectivity index (χ3n) is 6.22. The molecule has 0 N–H and O–H groups in total. The third-order valence-corrected chi connectivity index (χ3v) is 6.47. The Bertz CT molecular complexity index is 1220. The lowest BCUT2D eigenvalue weighted by Gasteiger charge is -2.46. The number of hydrogen-bond donors (Lipinski definition) is 0. The van der Waals surface area contributed by atoms with E-state index >= 15 is 0 Å². The molecular formula is C26H20ClNO. The molecule has 0 bridgehead atoms. The molecule has 0 radical (unpaired) electrons. The van der Waals surface area contributed by atoms with E-state index < -0.39 is 0 Å². The van der Waals surface area contributed by atoms with Gasteiger partial charge in [0.25, 0.3) is 0 Å². The fraction of sp³-hybridized carbons (Fsp3) is 0.154. The maximum Gasteiger partial charge on any atom is 0.180 e. The SMILES string of the molecule is Clc1ccc(C2c3c(ccc4ccccc34)OC3c4ccccc4CCN32)cc1. The highest BCUT2D eigenvalue weighted by Gasteiger charge is 2.41. The summed E-state index contributed by atoms with van der Waals surface area (Å²) in [6.07, 6.45) is 0.953. The normalized spacial score (nSPS) is 20.4. The second kappa shape index (κ2) is 6.62. The third kappa shape index (κ3) is 2.67. The molecule has 6 rings (SSSR count). The summed E-state index contributed by atoms with van der Waals surface area (Å²) >= 11 is 6.21. The maximum atomic E-state index is 6.65. The topological polar surface area (TPSA) is 12.5 Å². The fourth-order valence-corrected chi connectivity index (χ4v) is 5.02. The fourth-order valence-electron chi connectivity index (χ4n) is 4.89. The van der Waals surface area contributed by atoms with Crippen LogP contribution < -0.4 is 4.74 Å². The van der Waals surface area contributed by atoms with Gasteiger partial charge in [0, 0.05) is 22.7 Å². The number of rotatable bonds is 1. The van der Waals surface area contributed by atoms with Crippen LogP contribution >= 0.6 is 11.6 Å². The number of ether oxygens (including phenoxy) is 1. The number of benzene rings is 4. The predicted molar refractivity (Wildman–Crippen MR) is 117 cm³/mol. The summed E-state index contributed by atoms with van der Waals surface area (Å²) in [7, 11) is 0. The van der Waals surface area contributed by atoms with Gasteiger partial charge in [-0.2, -0.15) is 0 Å². The molecule has 2 nitrogen and oxygen atoms in total. The molecule has 4 aromatic carbocycles. The number of halogens is 1. The highest BCUT2D eigenvalue weighted by atomic mass is 35.5. The first-order chi connectivity index (χ1) is 14.3. The molecule has 2 heterocycles. The van der Waals surface area contributed by atoms with Gasteiger partial charge in [-0.3, -0.25) is 4.90 Å². The van der Waals surface area contributed by atoms with Crippen LogP contribution in [0, 0.1) is 0 Å². The quantitative estimate of drug-likeness (QED) is 0.362. The largest absolute Gasteiger partial charge is 0.470 e. The van der Waals surface area contributed by atoms with Crippen LogP contribution in [0.5, 0.6) is 5.75 Å². The van der Waals surface area contributed by atoms with Crippen molar-refractivity contribution in [3.05, 3.63) is 112 Å². The van der Waals surface area contributed by atoms with Gasteiger partial charge in [-0.15, -0.1) is 0 Å². The molecule has 2 aliphatic heterocycles. The van der Waals surface area contributed by atoms with Crippen LogP contribution in [0.3, 0.4) is 0 Å². The molecule has 0 saturated heterocycles. The minimum Gasteiger partial charge on any atom is -0.470 e. The number of fused-ring (bicyclic) bond motifs is 6. The van der Waals surface area contributed by atoms with Crippen molar-refractivity contribution < 1.29 is 4.74 Å². The molecule has 2 atom stereocenters. The van der Waals surface area contributed by atoms with Crippen LogP contribution in [0.4, 0.5) is 0 Å². The predicted octanol–water partition coefficient (Wildman–Crippen LogP) is 6.53. The monoisotopic (exact) mass is 397 g/mol. The van der Waals surface area contributed by atoms with Crippen molar-refractivity contribution in [3.63, 3.8) is 0 Å². The molecule has 2 unspecified atom stereocenters. The van der Waals surface area contributed by atoms with Gasteiger partial charge in [-0.05, 0) is 46.5 Å². The second-order valence-electron chi connectivity index (χ2n) is 7.81. The Morgan fingerprint density at radius 1 is 0.828 bits per heavy atom. The molecule has 0 aromatic heterocycles. The van der Waals surface area contributed by atoms with Gasteiger partial charge in [-0.1, -0.05) is 78.3 Å². The van der Waals surface area contributed by atoms with Crippen molar-refractivity contribution in [2.24, 2.45) is 0 Å². The first-order valence-corrected chi connectivity index (χ1v) is 10.4. The molecule has 0 fully saturated rings. The summed E-state index contributed by atoms with van der Waals surface area (Å²) in [6.45, 7) is 0.956. The van der Waals surface area contributed by atoms with Gasteiger partial charge in [0.1, 0.15) is 5.75 Å². The van der Waals surface area contributed by atoms with E-state index in [9.17, 15) is 0 Å². The van der Waals surface area contributed by atoms with Crippen molar-refractivity contribution in [2.75, 3.05) is 6.54 Å². The van der Waals surface area contributed by atoms with Gasteiger partial charge in [0.2, 0.25) is 0 Å². The number of hydrogen-bond acceptors (Lipinski definition) is 2. The Hall–Kier alpha value is -2.81. The summed E-state index contributed by atoms with van der Waals surface area (Å²) in [5, 5.41) is 3.26. The summed E-state index contributed by atoms with van der Waals surface area (Å²) in [6, 6.07) is 30.0. The molecule has 4 aromatic rings. The molecule has 3 heteroatoms. The van der Waals surface area contributed by atoms with Gasteiger partial charge in [-0.25, -0.2) is 0 Å². The molecule has 2 aliphatic rings. The smallest absolute Gasteiger partial charge is 0.180 e. The van der Waals surface area contributed by atoms with Crippen molar-refractivity contribution in [1.82, 2.24) is 4.90 Å². The molecule has 0 saturated carbocycles. The standard InChI is InChI=1S/C26H20ClNO/c27-20-12-9-19(10-13-20)25-24-21-7-3-1-5-17(21)11-14-23(24)29-26-22-8-4-2-6-18(22)15-16-28(25)26/h1-14,25-26H,15-16H2. The molecule has 142 valence electrons. The average Bonchev–Trinajstić information content (AvgIpc) is 2.78. The zero-order valence-electron chi connectivity index (χ0n) is 15.9. The van der Waals surface area contributed by atoms with Gasteiger partial charge >= 0.3 is 0 Å². The maximum absolute atomic E-state index is 6.65. The van der Waals surface area contributed by atoms with E-state index in [1.54, 1.807) is 0 Å². The lowest BCUT2D eigenvalue weighted by molar-refractivity contribution is -0.0260. The van der Waals surface area contributed by atoms with Crippen LogP contribution in [-0.2, 0) is 6.42 Å². The lowest BCUT2D eigenvalue weighted by Crippen LogP contribution is -2.44. The van der Waals surface area contributed by atoms with Crippen molar-refractivity contribution in [1.29, 1.82) is 0 Å². The zero-order chi connectivity index (χ0) is 19.4. The van der Waals surface area contributed by atoms with Gasteiger partial charge in [0.15, 0.2) is 6.23 Å². The highest BCUT2D eigenvalue weighted by molar-refractivity contribution is 6.30. The summed E-state index contributed by atoms with van der Waals surface area (Å²) in [5.41, 5.74) is 5.16. The van der Waals surface area contributed by atoms with E-state index in [0.29, 0.717) is 0 Å². The van der Waals surface area contributed by atoms with E-state index in [1.807, 2.05) is 12.1 Å². The zero-order valence-corrected chi connectivity index (χ0v) is 16.6. The van der Waals surface area contributed by atoms with Crippen LogP contribution in [0.15, 0.2) is 84.9 Å². The van der Waals surface area contributed by atoms with E-state index in [1.165, 1.54) is 33.0 Å². The first-order valence-electron chi connectivity index (χ1n) is 10.1. The van der Waals surface area contributed by atoms with Crippen LogP contribution in [0.1, 0.15) is 34.5 Å². The first kappa shape index (κ1) is 17.1. The Morgan fingerprint density at radius 2 is 1.62 bits per heavy atom. The lowest BCUT2D eigenvalue weighted by atomic mass is 9.87. The molecule has 0 amide bonds. The van der Waals surface area contributed by atoms with Crippen LogP contribution in [0.25, 0.3) is 10.8 Å². The minimum atomic E-state index is -0.0747. The average molecular weight is 398 g/mol. The molecule has 0 aliphatic carbocycles. The Morgan fingerprint density at radius 3 is 2.52 bits per heavy atom. The minimum absolute atomic E-state index is 0.0747. The van der Waals surface area contributed by atoms with Gasteiger partial charge < -0.3 is 4.74 Å². The Balaban J connectivity index is 1.61. The Labute approximate surface area is 175 Å². The van der Waals surface area contributed by atoms with Crippen molar-refractivity contribution in [3.8, 4) is 5.75 Å². The van der Waals surface area contributed by atoms with E-state index in [-0.39, 0.29) is 12.3 Å². The van der Waals surface area contributed by atoms with E-state index in [4.69, 9.17) is 16.3 Å². The summed E-state index contributed by atoms with van der Waals surface area (Å²) in [5.74, 6) is 0.974. The summed E-state index contributed by atoms with van der Waals surface area (Å²) in [4.78, 5) is 2.50. The Kier molecular flexibility index (Phi) is 3.90. The molecule has 29 heavy (non-hydrogen) atoms. The number of nitrogens with zero attached hydrogens (tertiary/aromatic N) is 1. The van der Waals surface area contributed by atoms with E-state index in [2.05, 4.69) is 77.7 Å². The van der Waals surface area contributed by atoms with E-state index in [0.717, 1.165) is 23.7 Å². The van der Waals surface area contributed by atoms with Crippen molar-refractivity contribution in [2.45, 2.75) is 18.7 Å². The second-order valence-corrected chi connectivity index (χ2v) is 8.25. The molecule has 0 spiro atoms. The summed E-state index contributed by atoms with van der Waals surface area (Å²) < 4.78 is 6.65. The highest BCUT2D eigenvalue weighted by Crippen LogP contribution is 2.50.